The molecule has 6 nitrogen and oxygen atoms in total. The van der Waals surface area contributed by atoms with Crippen molar-refractivity contribution in [3.63, 3.8) is 0 Å². The van der Waals surface area contributed by atoms with Gasteiger partial charge in [-0.3, -0.25) is 9.59 Å². The van der Waals surface area contributed by atoms with Crippen LogP contribution in [0.4, 0.5) is 0 Å². The third-order valence-electron chi connectivity index (χ3n) is 4.86. The lowest BCUT2D eigenvalue weighted by atomic mass is 9.93. The van der Waals surface area contributed by atoms with Gasteiger partial charge in [-0.1, -0.05) is 30.3 Å². The Morgan fingerprint density at radius 3 is 2.69 bits per heavy atom. The van der Waals surface area contributed by atoms with Crippen LogP contribution in [0.1, 0.15) is 23.6 Å². The highest BCUT2D eigenvalue weighted by molar-refractivity contribution is 5.87. The topological polar surface area (TPSA) is 67.9 Å². The van der Waals surface area contributed by atoms with E-state index in [1.807, 2.05) is 42.5 Å². The number of hydrogen-bond acceptors (Lipinski definition) is 4. The highest BCUT2D eigenvalue weighted by atomic mass is 16.7. The molecular weight excluding hydrogens is 332 g/mol. The lowest BCUT2D eigenvalue weighted by molar-refractivity contribution is -0.140. The molecule has 2 heterocycles. The van der Waals surface area contributed by atoms with Crippen molar-refractivity contribution in [1.82, 2.24) is 10.2 Å². The van der Waals surface area contributed by atoms with E-state index in [0.717, 1.165) is 16.7 Å². The zero-order valence-electron chi connectivity index (χ0n) is 14.5. The van der Waals surface area contributed by atoms with Gasteiger partial charge in [-0.15, -0.1) is 0 Å². The van der Waals surface area contributed by atoms with Crippen LogP contribution >= 0.6 is 0 Å². The number of carbonyl (C=O) groups excluding carboxylic acids is 2. The van der Waals surface area contributed by atoms with E-state index < -0.39 is 6.04 Å². The van der Waals surface area contributed by atoms with Gasteiger partial charge in [0, 0.05) is 26.4 Å². The molecule has 2 aliphatic heterocycles. The molecule has 0 saturated heterocycles. The molecule has 0 radical (unpaired) electrons. The first-order chi connectivity index (χ1) is 12.6. The average molecular weight is 352 g/mol. The van der Waals surface area contributed by atoms with Crippen LogP contribution in [0, 0.1) is 0 Å². The monoisotopic (exact) mass is 352 g/mol. The summed E-state index contributed by atoms with van der Waals surface area (Å²) in [5.41, 5.74) is 3.14. The maximum absolute atomic E-state index is 12.8. The van der Waals surface area contributed by atoms with Crippen LogP contribution in [0.15, 0.2) is 42.5 Å². The number of carbonyl (C=O) groups is 2. The first kappa shape index (κ1) is 16.4. The lowest BCUT2D eigenvalue weighted by Gasteiger charge is -2.35. The summed E-state index contributed by atoms with van der Waals surface area (Å²) in [4.78, 5) is 26.4. The predicted octanol–water partition coefficient (Wildman–Crippen LogP) is 2.00. The zero-order chi connectivity index (χ0) is 18.1. The van der Waals surface area contributed by atoms with Gasteiger partial charge < -0.3 is 19.7 Å². The van der Waals surface area contributed by atoms with Crippen molar-refractivity contribution in [3.8, 4) is 11.5 Å². The minimum atomic E-state index is -0.489. The fourth-order valence-electron chi connectivity index (χ4n) is 3.45. The average Bonchev–Trinajstić information content (AvgIpc) is 3.12. The molecular formula is C20H20N2O4. The van der Waals surface area contributed by atoms with Crippen molar-refractivity contribution in [2.45, 2.75) is 32.5 Å². The van der Waals surface area contributed by atoms with Gasteiger partial charge in [-0.25, -0.2) is 0 Å². The van der Waals surface area contributed by atoms with E-state index in [4.69, 9.17) is 9.47 Å². The predicted molar refractivity (Wildman–Crippen MR) is 94.6 cm³/mol. The number of rotatable bonds is 3. The molecule has 0 saturated carbocycles. The summed E-state index contributed by atoms with van der Waals surface area (Å²) in [5.74, 6) is 1.16. The number of hydrogen-bond donors (Lipinski definition) is 1. The molecule has 0 bridgehead atoms. The number of fused-ring (bicyclic) bond motifs is 2. The lowest BCUT2D eigenvalue weighted by Crippen LogP contribution is -2.51. The van der Waals surface area contributed by atoms with Crippen molar-refractivity contribution in [2.24, 2.45) is 0 Å². The normalized spacial score (nSPS) is 17.6. The molecule has 0 unspecified atom stereocenters. The van der Waals surface area contributed by atoms with Gasteiger partial charge in [0.15, 0.2) is 11.5 Å². The van der Waals surface area contributed by atoms with E-state index in [9.17, 15) is 9.59 Å². The van der Waals surface area contributed by atoms with E-state index in [2.05, 4.69) is 5.32 Å². The van der Waals surface area contributed by atoms with E-state index in [-0.39, 0.29) is 18.6 Å². The molecule has 2 aliphatic rings. The molecule has 1 N–H and O–H groups in total. The Hall–Kier alpha value is -3.02. The third kappa shape index (κ3) is 3.10. The van der Waals surface area contributed by atoms with Crippen molar-refractivity contribution >= 4 is 11.8 Å². The van der Waals surface area contributed by atoms with Gasteiger partial charge in [-0.2, -0.15) is 0 Å². The molecule has 4 rings (SSSR count). The fourth-order valence-corrected chi connectivity index (χ4v) is 3.45. The molecule has 134 valence electrons. The van der Waals surface area contributed by atoms with Crippen molar-refractivity contribution in [3.05, 3.63) is 59.2 Å². The van der Waals surface area contributed by atoms with Gasteiger partial charge >= 0.3 is 0 Å². The third-order valence-corrected chi connectivity index (χ3v) is 4.86. The Bertz CT molecular complexity index is 865. The minimum Gasteiger partial charge on any atom is -0.454 e. The number of nitrogens with zero attached hydrogens (tertiary/aromatic N) is 1. The molecule has 0 aromatic heterocycles. The smallest absolute Gasteiger partial charge is 0.243 e. The Kier molecular flexibility index (Phi) is 4.24. The second kappa shape index (κ2) is 6.71. The molecule has 1 atom stereocenters. The number of ether oxygens (including phenoxy) is 2. The van der Waals surface area contributed by atoms with Crippen molar-refractivity contribution < 1.29 is 19.1 Å². The van der Waals surface area contributed by atoms with E-state index in [1.54, 1.807) is 4.90 Å². The largest absolute Gasteiger partial charge is 0.454 e. The molecule has 2 aromatic carbocycles. The second-order valence-corrected chi connectivity index (χ2v) is 6.54. The van der Waals surface area contributed by atoms with Gasteiger partial charge in [0.2, 0.25) is 18.6 Å². The minimum absolute atomic E-state index is 0.0947. The van der Waals surface area contributed by atoms with Crippen LogP contribution in [0.5, 0.6) is 11.5 Å². The summed E-state index contributed by atoms with van der Waals surface area (Å²) >= 11 is 0. The van der Waals surface area contributed by atoms with E-state index in [0.29, 0.717) is 31.0 Å². The summed E-state index contributed by atoms with van der Waals surface area (Å²) in [6.07, 6.45) is 0.530. The SMILES string of the molecule is CC(=O)N1Cc2ccccc2C[C@H]1C(=O)NCc1ccc2c(c1)OCO2. The first-order valence-electron chi connectivity index (χ1n) is 8.62. The van der Waals surface area contributed by atoms with Crippen molar-refractivity contribution in [1.29, 1.82) is 0 Å². The Balaban J connectivity index is 1.47. The summed E-state index contributed by atoms with van der Waals surface area (Å²) in [5, 5.41) is 2.95. The number of benzene rings is 2. The van der Waals surface area contributed by atoms with Gasteiger partial charge in [0.25, 0.3) is 0 Å². The Morgan fingerprint density at radius 1 is 1.12 bits per heavy atom. The maximum Gasteiger partial charge on any atom is 0.243 e. The molecule has 0 fully saturated rings. The molecule has 2 aromatic rings. The summed E-state index contributed by atoms with van der Waals surface area (Å²) in [6.45, 7) is 2.57. The molecule has 0 spiro atoms. The number of amides is 2. The maximum atomic E-state index is 12.8. The van der Waals surface area contributed by atoms with E-state index in [1.165, 1.54) is 6.92 Å². The highest BCUT2D eigenvalue weighted by Crippen LogP contribution is 2.32. The van der Waals surface area contributed by atoms with Crippen molar-refractivity contribution in [2.75, 3.05) is 6.79 Å². The standard InChI is InChI=1S/C20H20N2O4/c1-13(23)22-11-16-5-3-2-4-15(16)9-17(22)20(24)21-10-14-6-7-18-19(8-14)26-12-25-18/h2-8,17H,9-12H2,1H3,(H,21,24)/t17-/m0/s1. The van der Waals surface area contributed by atoms with Crippen LogP contribution in [-0.4, -0.2) is 29.5 Å². The van der Waals surface area contributed by atoms with Gasteiger partial charge in [0.05, 0.1) is 0 Å². The van der Waals surface area contributed by atoms with Crippen LogP contribution in [-0.2, 0) is 29.1 Å². The zero-order valence-corrected chi connectivity index (χ0v) is 14.5. The quantitative estimate of drug-likeness (QED) is 0.918. The van der Waals surface area contributed by atoms with Crippen LogP contribution in [0.2, 0.25) is 0 Å². The first-order valence-corrected chi connectivity index (χ1v) is 8.62. The summed E-state index contributed by atoms with van der Waals surface area (Å²) in [7, 11) is 0. The van der Waals surface area contributed by atoms with Crippen LogP contribution in [0.3, 0.4) is 0 Å². The second-order valence-electron chi connectivity index (χ2n) is 6.54. The molecule has 2 amide bonds. The van der Waals surface area contributed by atoms with E-state index >= 15 is 0 Å². The summed E-state index contributed by atoms with van der Waals surface area (Å²) in [6, 6.07) is 13.0. The van der Waals surface area contributed by atoms with Crippen LogP contribution in [0.25, 0.3) is 0 Å². The number of nitrogens with one attached hydrogen (secondary N) is 1. The van der Waals surface area contributed by atoms with Gasteiger partial charge in [-0.05, 0) is 28.8 Å². The highest BCUT2D eigenvalue weighted by Gasteiger charge is 2.32. The molecule has 26 heavy (non-hydrogen) atoms. The fraction of sp³-hybridized carbons (Fsp3) is 0.300. The Labute approximate surface area is 151 Å². The molecule has 0 aliphatic carbocycles. The molecule has 6 heteroatoms. The van der Waals surface area contributed by atoms with Crippen LogP contribution < -0.4 is 14.8 Å². The Morgan fingerprint density at radius 2 is 1.88 bits per heavy atom. The summed E-state index contributed by atoms with van der Waals surface area (Å²) < 4.78 is 10.7. The van der Waals surface area contributed by atoms with Gasteiger partial charge in [0.1, 0.15) is 6.04 Å².